The van der Waals surface area contributed by atoms with Crippen molar-refractivity contribution in [3.8, 4) is 0 Å². The Hall–Kier alpha value is -0.780. The van der Waals surface area contributed by atoms with Crippen LogP contribution in [-0.2, 0) is 4.79 Å². The summed E-state index contributed by atoms with van der Waals surface area (Å²) in [6.07, 6.45) is -1.23. The Morgan fingerprint density at radius 1 is 1.10 bits per heavy atom. The number of amides is 1. The highest BCUT2D eigenvalue weighted by molar-refractivity contribution is 5.78. The van der Waals surface area contributed by atoms with Crippen LogP contribution in [0.5, 0.6) is 0 Å². The van der Waals surface area contributed by atoms with Gasteiger partial charge in [-0.05, 0) is 50.9 Å². The second kappa shape index (κ2) is 6.33. The Morgan fingerprint density at radius 3 is 2.25 bits per heavy atom. The monoisotopic (exact) mass is 293 g/mol. The molecular weight excluding hydrogens is 271 g/mol. The molecule has 2 unspecified atom stereocenters. The van der Waals surface area contributed by atoms with E-state index in [-0.39, 0.29) is 30.8 Å². The van der Waals surface area contributed by atoms with Crippen molar-refractivity contribution in [3.63, 3.8) is 0 Å². The zero-order valence-corrected chi connectivity index (χ0v) is 11.5. The van der Waals surface area contributed by atoms with E-state index in [1.165, 1.54) is 0 Å². The van der Waals surface area contributed by atoms with Crippen molar-refractivity contribution in [1.29, 1.82) is 0 Å². The highest BCUT2D eigenvalue weighted by atomic mass is 19.4. The Labute approximate surface area is 116 Å². The zero-order chi connectivity index (χ0) is 14.8. The number of hydrogen-bond acceptors (Lipinski definition) is 2. The molecule has 0 aromatic carbocycles. The highest BCUT2D eigenvalue weighted by Crippen LogP contribution is 2.39. The van der Waals surface area contributed by atoms with Crippen molar-refractivity contribution < 1.29 is 23.1 Å². The lowest BCUT2D eigenvalue weighted by molar-refractivity contribution is -0.184. The number of hydrogen-bond donors (Lipinski definition) is 2. The molecular formula is C14H22F3NO2. The molecule has 3 nitrogen and oxygen atoms in total. The van der Waals surface area contributed by atoms with E-state index in [2.05, 4.69) is 5.32 Å². The molecule has 2 aliphatic rings. The first-order valence-corrected chi connectivity index (χ1v) is 7.38. The van der Waals surface area contributed by atoms with Crippen LogP contribution in [0.15, 0.2) is 0 Å². The summed E-state index contributed by atoms with van der Waals surface area (Å²) in [5.74, 6) is -1.33. The van der Waals surface area contributed by atoms with Crippen LogP contribution in [0.2, 0.25) is 0 Å². The van der Waals surface area contributed by atoms with E-state index in [4.69, 9.17) is 0 Å². The van der Waals surface area contributed by atoms with Gasteiger partial charge < -0.3 is 10.4 Å². The van der Waals surface area contributed by atoms with Gasteiger partial charge in [0.1, 0.15) is 0 Å². The third kappa shape index (κ3) is 4.11. The molecule has 2 N–H and O–H groups in total. The first-order valence-electron chi connectivity index (χ1n) is 7.38. The quantitative estimate of drug-likeness (QED) is 0.840. The molecule has 20 heavy (non-hydrogen) atoms. The fourth-order valence-electron chi connectivity index (χ4n) is 3.31. The van der Waals surface area contributed by atoms with E-state index in [1.54, 1.807) is 0 Å². The minimum atomic E-state index is -4.12. The van der Waals surface area contributed by atoms with Crippen molar-refractivity contribution in [1.82, 2.24) is 5.32 Å². The van der Waals surface area contributed by atoms with E-state index in [1.807, 2.05) is 0 Å². The normalized spacial score (nSPS) is 35.0. The van der Waals surface area contributed by atoms with Crippen molar-refractivity contribution in [2.24, 2.45) is 17.8 Å². The van der Waals surface area contributed by atoms with E-state index >= 15 is 0 Å². The van der Waals surface area contributed by atoms with E-state index in [0.717, 1.165) is 12.8 Å². The van der Waals surface area contributed by atoms with Crippen molar-refractivity contribution in [3.05, 3.63) is 0 Å². The van der Waals surface area contributed by atoms with Gasteiger partial charge >= 0.3 is 6.18 Å². The molecule has 2 atom stereocenters. The molecule has 2 fully saturated rings. The number of aliphatic hydroxyl groups is 1. The summed E-state index contributed by atoms with van der Waals surface area (Å²) in [5, 5.41) is 12.2. The van der Waals surface area contributed by atoms with Crippen LogP contribution in [0.25, 0.3) is 0 Å². The molecule has 0 bridgehead atoms. The number of aliphatic hydroxyl groups excluding tert-OH is 1. The number of alkyl halides is 3. The van der Waals surface area contributed by atoms with E-state index in [9.17, 15) is 23.1 Å². The molecule has 0 heterocycles. The van der Waals surface area contributed by atoms with Gasteiger partial charge in [0, 0.05) is 12.5 Å². The molecule has 0 aliphatic heterocycles. The fraction of sp³-hybridized carbons (Fsp3) is 0.929. The largest absolute Gasteiger partial charge is 0.393 e. The summed E-state index contributed by atoms with van der Waals surface area (Å²) in [6.45, 7) is 0.537. The molecule has 0 radical (unpaired) electrons. The molecule has 0 saturated heterocycles. The van der Waals surface area contributed by atoms with E-state index < -0.39 is 12.1 Å². The second-order valence-corrected chi connectivity index (χ2v) is 6.17. The smallest absolute Gasteiger partial charge is 0.391 e. The second-order valence-electron chi connectivity index (χ2n) is 6.17. The van der Waals surface area contributed by atoms with Crippen LogP contribution in [0.4, 0.5) is 13.2 Å². The lowest BCUT2D eigenvalue weighted by Gasteiger charge is -2.29. The highest BCUT2D eigenvalue weighted by Gasteiger charge is 2.42. The molecule has 6 heteroatoms. The average Bonchev–Trinajstić information content (AvgIpc) is 2.81. The number of nitrogens with one attached hydrogen (secondary N) is 1. The first-order chi connectivity index (χ1) is 9.36. The molecule has 0 aromatic rings. The third-order valence-electron chi connectivity index (χ3n) is 4.64. The van der Waals surface area contributed by atoms with Gasteiger partial charge in [0.2, 0.25) is 5.91 Å². The maximum Gasteiger partial charge on any atom is 0.391 e. The maximum absolute atomic E-state index is 12.5. The number of carbonyl (C=O) groups excluding carboxylic acids is 1. The summed E-state index contributed by atoms with van der Waals surface area (Å²) in [6, 6.07) is 0. The summed E-state index contributed by atoms with van der Waals surface area (Å²) >= 11 is 0. The fourth-order valence-corrected chi connectivity index (χ4v) is 3.31. The van der Waals surface area contributed by atoms with Crippen LogP contribution in [-0.4, -0.2) is 29.8 Å². The van der Waals surface area contributed by atoms with Gasteiger partial charge in [-0.3, -0.25) is 4.79 Å². The molecule has 1 amide bonds. The SMILES string of the molecule is O=C(NCC1CCC(O)C1)C1CCC(C(F)(F)F)CC1. The van der Waals surface area contributed by atoms with Gasteiger partial charge in [0.15, 0.2) is 0 Å². The Balaban J connectivity index is 1.69. The third-order valence-corrected chi connectivity index (χ3v) is 4.64. The molecule has 0 spiro atoms. The molecule has 2 rings (SSSR count). The van der Waals surface area contributed by atoms with Crippen molar-refractivity contribution in [2.75, 3.05) is 6.54 Å². The van der Waals surface area contributed by atoms with Crippen LogP contribution in [0, 0.1) is 17.8 Å². The van der Waals surface area contributed by atoms with Gasteiger partial charge in [-0.25, -0.2) is 0 Å². The predicted octanol–water partition coefficient (Wildman–Crippen LogP) is 2.63. The first kappa shape index (κ1) is 15.6. The van der Waals surface area contributed by atoms with Gasteiger partial charge in [-0.15, -0.1) is 0 Å². The topological polar surface area (TPSA) is 49.3 Å². The van der Waals surface area contributed by atoms with E-state index in [0.29, 0.717) is 31.7 Å². The number of carbonyl (C=O) groups is 1. The standard InChI is InChI=1S/C14H22F3NO2/c15-14(16,17)11-4-2-10(3-5-11)13(20)18-8-9-1-6-12(19)7-9/h9-12,19H,1-8H2,(H,18,20). The van der Waals surface area contributed by atoms with Crippen molar-refractivity contribution >= 4 is 5.91 Å². The van der Waals surface area contributed by atoms with Crippen LogP contribution < -0.4 is 5.32 Å². The maximum atomic E-state index is 12.5. The summed E-state index contributed by atoms with van der Waals surface area (Å²) in [5.41, 5.74) is 0. The van der Waals surface area contributed by atoms with Crippen LogP contribution in [0.1, 0.15) is 44.9 Å². The molecule has 2 saturated carbocycles. The van der Waals surface area contributed by atoms with Gasteiger partial charge in [0.05, 0.1) is 12.0 Å². The minimum Gasteiger partial charge on any atom is -0.393 e. The van der Waals surface area contributed by atoms with Crippen LogP contribution in [0.3, 0.4) is 0 Å². The Kier molecular flexibility index (Phi) is 4.94. The Bertz CT molecular complexity index is 338. The lowest BCUT2D eigenvalue weighted by Crippen LogP contribution is -2.37. The van der Waals surface area contributed by atoms with Gasteiger partial charge in [-0.1, -0.05) is 0 Å². The van der Waals surface area contributed by atoms with Gasteiger partial charge in [-0.2, -0.15) is 13.2 Å². The minimum absolute atomic E-state index is 0.0593. The van der Waals surface area contributed by atoms with Gasteiger partial charge in [0.25, 0.3) is 0 Å². The Morgan fingerprint density at radius 2 is 1.75 bits per heavy atom. The predicted molar refractivity (Wildman–Crippen MR) is 67.9 cm³/mol. The number of rotatable bonds is 3. The molecule has 2 aliphatic carbocycles. The molecule has 116 valence electrons. The summed E-state index contributed by atoms with van der Waals surface area (Å²) < 4.78 is 37.6. The zero-order valence-electron chi connectivity index (χ0n) is 11.5. The summed E-state index contributed by atoms with van der Waals surface area (Å²) in [7, 11) is 0. The van der Waals surface area contributed by atoms with Crippen LogP contribution >= 0.6 is 0 Å². The van der Waals surface area contributed by atoms with Crippen molar-refractivity contribution in [2.45, 2.75) is 57.2 Å². The average molecular weight is 293 g/mol. The molecule has 0 aromatic heterocycles. The number of halogens is 3. The lowest BCUT2D eigenvalue weighted by atomic mass is 9.81. The summed E-state index contributed by atoms with van der Waals surface area (Å²) in [4.78, 5) is 11.9.